The molecule has 0 aliphatic heterocycles. The average Bonchev–Trinajstić information content (AvgIpc) is 3.05. The SMILES string of the molecule is O=S(=O)(Nc1ccc(Oc2ccncc2)cc1)c1cccs1. The minimum absolute atomic E-state index is 0.282. The van der Waals surface area contributed by atoms with Gasteiger partial charge >= 0.3 is 0 Å². The van der Waals surface area contributed by atoms with Gasteiger partial charge in [0, 0.05) is 18.1 Å². The molecule has 0 unspecified atom stereocenters. The van der Waals surface area contributed by atoms with E-state index in [0.717, 1.165) is 0 Å². The quantitative estimate of drug-likeness (QED) is 0.773. The molecule has 2 aromatic heterocycles. The van der Waals surface area contributed by atoms with Gasteiger partial charge in [-0.25, -0.2) is 8.42 Å². The fourth-order valence-corrected chi connectivity index (χ4v) is 3.81. The van der Waals surface area contributed by atoms with Crippen LogP contribution in [-0.4, -0.2) is 13.4 Å². The summed E-state index contributed by atoms with van der Waals surface area (Å²) in [5.74, 6) is 1.28. The van der Waals surface area contributed by atoms with Crippen LogP contribution in [-0.2, 0) is 10.0 Å². The molecular weight excluding hydrogens is 320 g/mol. The Morgan fingerprint density at radius 2 is 1.64 bits per heavy atom. The number of rotatable bonds is 5. The van der Waals surface area contributed by atoms with Crippen LogP contribution in [0.25, 0.3) is 0 Å². The van der Waals surface area contributed by atoms with Crippen molar-refractivity contribution in [1.29, 1.82) is 0 Å². The van der Waals surface area contributed by atoms with E-state index >= 15 is 0 Å². The van der Waals surface area contributed by atoms with Crippen molar-refractivity contribution in [2.75, 3.05) is 4.72 Å². The molecule has 22 heavy (non-hydrogen) atoms. The standard InChI is InChI=1S/C15H12N2O3S2/c18-22(19,15-2-1-11-21-15)17-12-3-5-13(6-4-12)20-14-7-9-16-10-8-14/h1-11,17H. The molecule has 0 radical (unpaired) electrons. The smallest absolute Gasteiger partial charge is 0.271 e. The summed E-state index contributed by atoms with van der Waals surface area (Å²) in [4.78, 5) is 3.91. The summed E-state index contributed by atoms with van der Waals surface area (Å²) in [6.45, 7) is 0. The Hall–Kier alpha value is -2.38. The van der Waals surface area contributed by atoms with Crippen molar-refractivity contribution < 1.29 is 13.2 Å². The third-order valence-corrected chi connectivity index (χ3v) is 5.53. The Kier molecular flexibility index (Phi) is 4.08. The maximum Gasteiger partial charge on any atom is 0.271 e. The highest BCUT2D eigenvalue weighted by Crippen LogP contribution is 2.24. The summed E-state index contributed by atoms with van der Waals surface area (Å²) in [6.07, 6.45) is 3.28. The zero-order valence-corrected chi connectivity index (χ0v) is 13.0. The van der Waals surface area contributed by atoms with Gasteiger partial charge in [-0.05, 0) is 47.8 Å². The first-order chi connectivity index (χ1) is 10.6. The van der Waals surface area contributed by atoms with Gasteiger partial charge in [-0.15, -0.1) is 11.3 Å². The number of sulfonamides is 1. The topological polar surface area (TPSA) is 68.3 Å². The van der Waals surface area contributed by atoms with Gasteiger partial charge < -0.3 is 4.74 Å². The third kappa shape index (κ3) is 3.44. The molecule has 2 heterocycles. The zero-order chi connectivity index (χ0) is 15.4. The van der Waals surface area contributed by atoms with Crippen LogP contribution in [0.15, 0.2) is 70.5 Å². The molecule has 0 bridgehead atoms. The second-order valence-electron chi connectivity index (χ2n) is 4.35. The first-order valence-electron chi connectivity index (χ1n) is 6.38. The van der Waals surface area contributed by atoms with Gasteiger partial charge in [0.25, 0.3) is 10.0 Å². The van der Waals surface area contributed by atoms with E-state index in [2.05, 4.69) is 9.71 Å². The molecule has 0 saturated heterocycles. The van der Waals surface area contributed by atoms with E-state index in [0.29, 0.717) is 17.2 Å². The second-order valence-corrected chi connectivity index (χ2v) is 7.20. The maximum absolute atomic E-state index is 12.1. The molecule has 1 N–H and O–H groups in total. The molecule has 0 amide bonds. The molecule has 5 nitrogen and oxygen atoms in total. The number of pyridine rings is 1. The minimum Gasteiger partial charge on any atom is -0.457 e. The van der Waals surface area contributed by atoms with Gasteiger partial charge in [-0.2, -0.15) is 0 Å². The summed E-state index contributed by atoms with van der Waals surface area (Å²) in [7, 11) is -3.52. The summed E-state index contributed by atoms with van der Waals surface area (Å²) in [6, 6.07) is 13.5. The number of thiophene rings is 1. The molecule has 1 aromatic carbocycles. The predicted molar refractivity (Wildman–Crippen MR) is 85.9 cm³/mol. The first kappa shape index (κ1) is 14.6. The van der Waals surface area contributed by atoms with Crippen LogP contribution in [0.5, 0.6) is 11.5 Å². The van der Waals surface area contributed by atoms with Gasteiger partial charge in [0.15, 0.2) is 0 Å². The van der Waals surface area contributed by atoms with Crippen molar-refractivity contribution in [2.45, 2.75) is 4.21 Å². The van der Waals surface area contributed by atoms with Gasteiger partial charge in [0.2, 0.25) is 0 Å². The van der Waals surface area contributed by atoms with Crippen LogP contribution in [0, 0.1) is 0 Å². The highest BCUT2D eigenvalue weighted by Gasteiger charge is 2.14. The summed E-state index contributed by atoms with van der Waals surface area (Å²) in [5.41, 5.74) is 0.482. The Balaban J connectivity index is 1.72. The van der Waals surface area contributed by atoms with E-state index in [-0.39, 0.29) is 4.21 Å². The van der Waals surface area contributed by atoms with E-state index in [1.54, 1.807) is 66.3 Å². The molecule has 0 aliphatic rings. The molecule has 3 rings (SSSR count). The fraction of sp³-hybridized carbons (Fsp3) is 0. The van der Waals surface area contributed by atoms with Crippen molar-refractivity contribution in [1.82, 2.24) is 4.98 Å². The van der Waals surface area contributed by atoms with Gasteiger partial charge in [0.1, 0.15) is 15.7 Å². The minimum atomic E-state index is -3.52. The molecule has 0 atom stereocenters. The van der Waals surface area contributed by atoms with Crippen LogP contribution < -0.4 is 9.46 Å². The van der Waals surface area contributed by atoms with E-state index < -0.39 is 10.0 Å². The van der Waals surface area contributed by atoms with E-state index in [1.807, 2.05) is 0 Å². The molecule has 0 fully saturated rings. The number of anilines is 1. The molecule has 112 valence electrons. The number of ether oxygens (including phenoxy) is 1. The van der Waals surface area contributed by atoms with Crippen molar-refractivity contribution in [3.63, 3.8) is 0 Å². The summed E-state index contributed by atoms with van der Waals surface area (Å²) >= 11 is 1.17. The molecule has 7 heteroatoms. The summed E-state index contributed by atoms with van der Waals surface area (Å²) < 4.78 is 32.6. The average molecular weight is 332 g/mol. The molecule has 0 spiro atoms. The lowest BCUT2D eigenvalue weighted by molar-refractivity contribution is 0.482. The van der Waals surface area contributed by atoms with Gasteiger partial charge in [0.05, 0.1) is 0 Å². The monoisotopic (exact) mass is 332 g/mol. The van der Waals surface area contributed by atoms with E-state index in [1.165, 1.54) is 11.3 Å². The van der Waals surface area contributed by atoms with Crippen molar-refractivity contribution in [3.05, 3.63) is 66.3 Å². The largest absolute Gasteiger partial charge is 0.457 e. The lowest BCUT2D eigenvalue weighted by Crippen LogP contribution is -2.11. The lowest BCUT2D eigenvalue weighted by Gasteiger charge is -2.08. The van der Waals surface area contributed by atoms with Crippen LogP contribution in [0.1, 0.15) is 0 Å². The van der Waals surface area contributed by atoms with Crippen molar-refractivity contribution in [2.24, 2.45) is 0 Å². The van der Waals surface area contributed by atoms with Gasteiger partial charge in [-0.1, -0.05) is 6.07 Å². The third-order valence-electron chi connectivity index (χ3n) is 2.75. The Morgan fingerprint density at radius 3 is 2.27 bits per heavy atom. The Bertz CT molecular complexity index is 830. The molecule has 0 saturated carbocycles. The predicted octanol–water partition coefficient (Wildman–Crippen LogP) is 3.74. The van der Waals surface area contributed by atoms with Crippen LogP contribution >= 0.6 is 11.3 Å². The van der Waals surface area contributed by atoms with Crippen LogP contribution in [0.2, 0.25) is 0 Å². The highest BCUT2D eigenvalue weighted by atomic mass is 32.2. The fourth-order valence-electron chi connectivity index (χ4n) is 1.76. The first-order valence-corrected chi connectivity index (χ1v) is 8.74. The number of hydrogen-bond acceptors (Lipinski definition) is 5. The molecular formula is C15H12N2O3S2. The van der Waals surface area contributed by atoms with Crippen LogP contribution in [0.3, 0.4) is 0 Å². The molecule has 0 aliphatic carbocycles. The van der Waals surface area contributed by atoms with E-state index in [4.69, 9.17) is 4.74 Å². The number of nitrogens with one attached hydrogen (secondary N) is 1. The van der Waals surface area contributed by atoms with Crippen LogP contribution in [0.4, 0.5) is 5.69 Å². The zero-order valence-electron chi connectivity index (χ0n) is 11.3. The normalized spacial score (nSPS) is 11.1. The molecule has 3 aromatic rings. The van der Waals surface area contributed by atoms with Gasteiger partial charge in [-0.3, -0.25) is 9.71 Å². The number of nitrogens with zero attached hydrogens (tertiary/aromatic N) is 1. The Labute approximate surface area is 132 Å². The number of benzene rings is 1. The Morgan fingerprint density at radius 1 is 0.955 bits per heavy atom. The number of hydrogen-bond donors (Lipinski definition) is 1. The van der Waals surface area contributed by atoms with Crippen molar-refractivity contribution >= 4 is 27.0 Å². The summed E-state index contributed by atoms with van der Waals surface area (Å²) in [5, 5.41) is 1.72. The maximum atomic E-state index is 12.1. The lowest BCUT2D eigenvalue weighted by atomic mass is 10.3. The highest BCUT2D eigenvalue weighted by molar-refractivity contribution is 7.94. The van der Waals surface area contributed by atoms with E-state index in [9.17, 15) is 8.42 Å². The van der Waals surface area contributed by atoms with Crippen molar-refractivity contribution in [3.8, 4) is 11.5 Å². The number of aromatic nitrogens is 1. The second kappa shape index (κ2) is 6.17.